The second-order valence-corrected chi connectivity index (χ2v) is 4.10. The van der Waals surface area contributed by atoms with Crippen molar-refractivity contribution in [2.45, 2.75) is 20.8 Å². The summed E-state index contributed by atoms with van der Waals surface area (Å²) >= 11 is 0. The highest BCUT2D eigenvalue weighted by Crippen LogP contribution is 2.21. The molecule has 1 aromatic heterocycles. The van der Waals surface area contributed by atoms with Crippen molar-refractivity contribution < 1.29 is 8.78 Å². The molecule has 92 valence electrons. The predicted octanol–water partition coefficient (Wildman–Crippen LogP) is 2.95. The summed E-state index contributed by atoms with van der Waals surface area (Å²) in [5, 5.41) is 12.8. The fourth-order valence-corrected chi connectivity index (χ4v) is 1.74. The molecule has 0 unspecified atom stereocenters. The van der Waals surface area contributed by atoms with E-state index in [1.807, 2.05) is 6.92 Å². The summed E-state index contributed by atoms with van der Waals surface area (Å²) < 4.78 is 28.7. The Bertz CT molecular complexity index is 666. The van der Waals surface area contributed by atoms with Crippen LogP contribution in [0.1, 0.15) is 22.5 Å². The summed E-state index contributed by atoms with van der Waals surface area (Å²) in [6.07, 6.45) is 0. The van der Waals surface area contributed by atoms with Crippen LogP contribution in [0.5, 0.6) is 0 Å². The van der Waals surface area contributed by atoms with Crippen molar-refractivity contribution in [3.63, 3.8) is 0 Å². The highest BCUT2D eigenvalue weighted by atomic mass is 19.1. The summed E-state index contributed by atoms with van der Waals surface area (Å²) in [7, 11) is 0. The first-order chi connectivity index (χ1) is 8.45. The molecule has 3 nitrogen and oxygen atoms in total. The van der Waals surface area contributed by atoms with E-state index < -0.39 is 11.6 Å². The summed E-state index contributed by atoms with van der Waals surface area (Å²) in [5.74, 6) is -1.42. The van der Waals surface area contributed by atoms with E-state index in [0.717, 1.165) is 29.1 Å². The third-order valence-corrected chi connectivity index (χ3v) is 3.04. The van der Waals surface area contributed by atoms with Crippen molar-refractivity contribution in [1.82, 2.24) is 9.78 Å². The van der Waals surface area contributed by atoms with Crippen LogP contribution in [0.15, 0.2) is 12.1 Å². The lowest BCUT2D eigenvalue weighted by Gasteiger charge is -2.07. The minimum absolute atomic E-state index is 0.0141. The second-order valence-electron chi connectivity index (χ2n) is 4.10. The average molecular weight is 247 g/mol. The van der Waals surface area contributed by atoms with Gasteiger partial charge in [0.25, 0.3) is 0 Å². The second kappa shape index (κ2) is 4.22. The Labute approximate surface area is 103 Å². The molecule has 1 aromatic carbocycles. The molecule has 18 heavy (non-hydrogen) atoms. The molecule has 0 N–H and O–H groups in total. The molecule has 0 aliphatic heterocycles. The molecule has 1 heterocycles. The first kappa shape index (κ1) is 12.2. The van der Waals surface area contributed by atoms with Gasteiger partial charge in [0.1, 0.15) is 23.4 Å². The average Bonchev–Trinajstić information content (AvgIpc) is 2.59. The molecule has 0 spiro atoms. The fraction of sp³-hybridized carbons (Fsp3) is 0.231. The highest BCUT2D eigenvalue weighted by molar-refractivity contribution is 5.43. The maximum absolute atomic E-state index is 13.8. The molecule has 0 saturated heterocycles. The molecule has 0 saturated carbocycles. The van der Waals surface area contributed by atoms with Crippen molar-refractivity contribution in [2.24, 2.45) is 0 Å². The zero-order valence-electron chi connectivity index (χ0n) is 10.3. The molecular weight excluding hydrogens is 236 g/mol. The van der Waals surface area contributed by atoms with Crippen molar-refractivity contribution in [1.29, 1.82) is 5.26 Å². The van der Waals surface area contributed by atoms with Crippen LogP contribution in [0.4, 0.5) is 8.78 Å². The van der Waals surface area contributed by atoms with Crippen molar-refractivity contribution in [3.05, 3.63) is 46.3 Å². The number of halogens is 2. The number of hydrogen-bond acceptors (Lipinski definition) is 2. The van der Waals surface area contributed by atoms with Gasteiger partial charge in [-0.2, -0.15) is 10.4 Å². The van der Waals surface area contributed by atoms with Crippen LogP contribution in [0.2, 0.25) is 0 Å². The third kappa shape index (κ3) is 1.76. The van der Waals surface area contributed by atoms with Crippen molar-refractivity contribution in [2.75, 3.05) is 0 Å². The van der Waals surface area contributed by atoms with Gasteiger partial charge < -0.3 is 0 Å². The van der Waals surface area contributed by atoms with Crippen molar-refractivity contribution in [3.8, 4) is 11.8 Å². The number of nitriles is 1. The Morgan fingerprint density at radius 3 is 2.33 bits per heavy atom. The third-order valence-electron chi connectivity index (χ3n) is 3.04. The number of aromatic nitrogens is 2. The van der Waals surface area contributed by atoms with Gasteiger partial charge in [0, 0.05) is 11.8 Å². The molecular formula is C13H11F2N3. The maximum Gasteiger partial charge on any atom is 0.150 e. The molecule has 0 bridgehead atoms. The minimum Gasteiger partial charge on any atom is -0.234 e. The monoisotopic (exact) mass is 247 g/mol. The smallest absolute Gasteiger partial charge is 0.150 e. The fourth-order valence-electron chi connectivity index (χ4n) is 1.74. The van der Waals surface area contributed by atoms with Crippen LogP contribution in [0.3, 0.4) is 0 Å². The van der Waals surface area contributed by atoms with E-state index in [0.29, 0.717) is 0 Å². The van der Waals surface area contributed by atoms with E-state index in [4.69, 9.17) is 5.26 Å². The summed E-state index contributed by atoms with van der Waals surface area (Å²) in [6, 6.07) is 3.48. The maximum atomic E-state index is 13.8. The van der Waals surface area contributed by atoms with Gasteiger partial charge in [-0.15, -0.1) is 0 Å². The largest absolute Gasteiger partial charge is 0.234 e. The zero-order valence-corrected chi connectivity index (χ0v) is 10.3. The lowest BCUT2D eigenvalue weighted by atomic mass is 10.2. The molecule has 0 amide bonds. The first-order valence-electron chi connectivity index (χ1n) is 5.38. The Balaban J connectivity index is 2.69. The standard InChI is InChI=1S/C13H11F2N3/c1-7-8(2)17-18(9(7)3)13-5-11(14)10(6-16)4-12(13)15/h4-5H,1-3H3. The number of hydrogen-bond donors (Lipinski definition) is 0. The van der Waals surface area contributed by atoms with Gasteiger partial charge >= 0.3 is 0 Å². The van der Waals surface area contributed by atoms with E-state index in [-0.39, 0.29) is 11.3 Å². The Morgan fingerprint density at radius 1 is 1.17 bits per heavy atom. The summed E-state index contributed by atoms with van der Waals surface area (Å²) in [6.45, 7) is 5.45. The molecule has 5 heteroatoms. The van der Waals surface area contributed by atoms with E-state index in [1.165, 1.54) is 4.68 Å². The van der Waals surface area contributed by atoms with Crippen molar-refractivity contribution >= 4 is 0 Å². The van der Waals surface area contributed by atoms with E-state index >= 15 is 0 Å². The Hall–Kier alpha value is -2.22. The van der Waals surface area contributed by atoms with Crippen LogP contribution >= 0.6 is 0 Å². The quantitative estimate of drug-likeness (QED) is 0.777. The number of aryl methyl sites for hydroxylation is 1. The SMILES string of the molecule is Cc1nn(-c2cc(F)c(C#N)cc2F)c(C)c1C. The van der Waals surface area contributed by atoms with Crippen LogP contribution < -0.4 is 0 Å². The van der Waals surface area contributed by atoms with Gasteiger partial charge in [-0.3, -0.25) is 0 Å². The lowest BCUT2D eigenvalue weighted by Crippen LogP contribution is -2.04. The molecule has 0 aliphatic carbocycles. The van der Waals surface area contributed by atoms with Gasteiger partial charge in [0.2, 0.25) is 0 Å². The van der Waals surface area contributed by atoms with E-state index in [2.05, 4.69) is 5.10 Å². The van der Waals surface area contributed by atoms with Gasteiger partial charge in [-0.05, 0) is 32.4 Å². The van der Waals surface area contributed by atoms with Gasteiger partial charge in [0.05, 0.1) is 11.3 Å². The topological polar surface area (TPSA) is 41.6 Å². The van der Waals surface area contributed by atoms with Gasteiger partial charge in [-0.1, -0.05) is 0 Å². The van der Waals surface area contributed by atoms with Crippen LogP contribution in [0, 0.1) is 43.7 Å². The van der Waals surface area contributed by atoms with E-state index in [9.17, 15) is 8.78 Å². The van der Waals surface area contributed by atoms with Crippen LogP contribution in [0.25, 0.3) is 5.69 Å². The predicted molar refractivity (Wildman–Crippen MR) is 62.4 cm³/mol. The highest BCUT2D eigenvalue weighted by Gasteiger charge is 2.15. The van der Waals surface area contributed by atoms with Crippen LogP contribution in [-0.2, 0) is 0 Å². The number of rotatable bonds is 1. The van der Waals surface area contributed by atoms with E-state index in [1.54, 1.807) is 19.9 Å². The minimum atomic E-state index is -0.751. The molecule has 0 fully saturated rings. The Kier molecular flexibility index (Phi) is 2.87. The molecule has 0 atom stereocenters. The molecule has 2 rings (SSSR count). The van der Waals surface area contributed by atoms with Crippen LogP contribution in [-0.4, -0.2) is 9.78 Å². The Morgan fingerprint density at radius 2 is 1.83 bits per heavy atom. The first-order valence-corrected chi connectivity index (χ1v) is 5.38. The normalized spacial score (nSPS) is 10.4. The number of nitrogens with zero attached hydrogens (tertiary/aromatic N) is 3. The molecule has 2 aromatic rings. The molecule has 0 aliphatic rings. The van der Waals surface area contributed by atoms with Gasteiger partial charge in [-0.25, -0.2) is 13.5 Å². The summed E-state index contributed by atoms with van der Waals surface area (Å²) in [5.41, 5.74) is 2.14. The zero-order chi connectivity index (χ0) is 13.4. The molecule has 0 radical (unpaired) electrons. The number of benzene rings is 1. The lowest BCUT2D eigenvalue weighted by molar-refractivity contribution is 0.582. The van der Waals surface area contributed by atoms with Gasteiger partial charge in [0.15, 0.2) is 0 Å². The summed E-state index contributed by atoms with van der Waals surface area (Å²) in [4.78, 5) is 0.